The number of carbonyl (C=O) groups excluding carboxylic acids is 2. The van der Waals surface area contributed by atoms with Crippen LogP contribution in [0.3, 0.4) is 0 Å². The third-order valence-electron chi connectivity index (χ3n) is 6.70. The quantitative estimate of drug-likeness (QED) is 0.683. The molecule has 5 rings (SSSR count). The van der Waals surface area contributed by atoms with Crippen molar-refractivity contribution in [3.8, 4) is 0 Å². The summed E-state index contributed by atoms with van der Waals surface area (Å²) >= 11 is 1.42. The Labute approximate surface area is 185 Å². The number of likely N-dealkylation sites (tertiary alicyclic amines) is 1. The number of nitrogens with one attached hydrogen (secondary N) is 1. The van der Waals surface area contributed by atoms with Crippen molar-refractivity contribution in [3.05, 3.63) is 69.9 Å². The maximum atomic E-state index is 13.1. The van der Waals surface area contributed by atoms with Crippen molar-refractivity contribution in [1.82, 2.24) is 25.0 Å². The van der Waals surface area contributed by atoms with Crippen molar-refractivity contribution >= 4 is 23.2 Å². The summed E-state index contributed by atoms with van der Waals surface area (Å²) in [4.78, 5) is 33.1. The Balaban J connectivity index is 1.38. The lowest BCUT2D eigenvalue weighted by atomic mass is 9.74. The van der Waals surface area contributed by atoms with Gasteiger partial charge in [-0.1, -0.05) is 30.3 Å². The van der Waals surface area contributed by atoms with E-state index < -0.39 is 0 Å². The number of aryl methyl sites for hydroxylation is 2. The maximum Gasteiger partial charge on any atom is 0.261 e. The fourth-order valence-corrected chi connectivity index (χ4v) is 5.50. The first kappa shape index (κ1) is 19.9. The zero-order valence-corrected chi connectivity index (χ0v) is 18.3. The van der Waals surface area contributed by atoms with Gasteiger partial charge in [0.15, 0.2) is 0 Å². The molecule has 0 radical (unpaired) electrons. The van der Waals surface area contributed by atoms with Gasteiger partial charge < -0.3 is 10.2 Å². The number of fused-ring (bicyclic) bond motifs is 1. The Morgan fingerprint density at radius 2 is 2.03 bits per heavy atom. The van der Waals surface area contributed by atoms with Crippen LogP contribution in [0.4, 0.5) is 0 Å². The smallest absolute Gasteiger partial charge is 0.261 e. The van der Waals surface area contributed by atoms with Gasteiger partial charge in [-0.25, -0.2) is 9.67 Å². The fraction of sp³-hybridized carbons (Fsp3) is 0.391. The summed E-state index contributed by atoms with van der Waals surface area (Å²) in [6.07, 6.45) is 3.65. The van der Waals surface area contributed by atoms with E-state index in [2.05, 4.69) is 15.4 Å². The minimum Gasteiger partial charge on any atom is -0.342 e. The lowest BCUT2D eigenvalue weighted by Crippen LogP contribution is -2.48. The highest BCUT2D eigenvalue weighted by atomic mass is 32.1. The van der Waals surface area contributed by atoms with Gasteiger partial charge >= 0.3 is 0 Å². The third kappa shape index (κ3) is 3.65. The highest BCUT2D eigenvalue weighted by molar-refractivity contribution is 7.12. The highest BCUT2D eigenvalue weighted by Crippen LogP contribution is 2.47. The molecular formula is C23H25N5O2S. The first-order valence-electron chi connectivity index (χ1n) is 10.6. The van der Waals surface area contributed by atoms with Crippen molar-refractivity contribution < 1.29 is 9.59 Å². The first-order valence-corrected chi connectivity index (χ1v) is 11.5. The second kappa shape index (κ2) is 7.92. The number of nitrogens with zero attached hydrogens (tertiary/aromatic N) is 4. The number of thiophene rings is 1. The number of hydrogen-bond donors (Lipinski definition) is 1. The van der Waals surface area contributed by atoms with Gasteiger partial charge in [-0.3, -0.25) is 9.59 Å². The predicted molar refractivity (Wildman–Crippen MR) is 118 cm³/mol. The van der Waals surface area contributed by atoms with Crippen LogP contribution in [-0.2, 0) is 17.8 Å². The lowest BCUT2D eigenvalue weighted by molar-refractivity contribution is -0.130. The minimum atomic E-state index is -0.269. The summed E-state index contributed by atoms with van der Waals surface area (Å²) in [5.74, 6) is 0.825. The predicted octanol–water partition coefficient (Wildman–Crippen LogP) is 2.98. The zero-order chi connectivity index (χ0) is 21.4. The van der Waals surface area contributed by atoms with Crippen LogP contribution in [0.5, 0.6) is 0 Å². The second-order valence-corrected chi connectivity index (χ2v) is 9.45. The Hall–Kier alpha value is -3.00. The molecule has 8 heteroatoms. The number of hydrogen-bond acceptors (Lipinski definition) is 5. The molecule has 160 valence electrons. The molecule has 2 aromatic heterocycles. The number of rotatable bonds is 4. The van der Waals surface area contributed by atoms with Crippen LogP contribution in [0, 0.1) is 12.3 Å². The molecule has 2 aliphatic rings. The molecule has 2 aliphatic heterocycles. The average molecular weight is 436 g/mol. The maximum absolute atomic E-state index is 13.1. The van der Waals surface area contributed by atoms with Gasteiger partial charge in [-0.2, -0.15) is 5.10 Å². The van der Waals surface area contributed by atoms with Gasteiger partial charge in [0.2, 0.25) is 5.91 Å². The molecule has 2 atom stereocenters. The van der Waals surface area contributed by atoms with Gasteiger partial charge in [-0.05, 0) is 42.3 Å². The van der Waals surface area contributed by atoms with Crippen molar-refractivity contribution in [1.29, 1.82) is 0 Å². The molecule has 0 bridgehead atoms. The van der Waals surface area contributed by atoms with Crippen LogP contribution in [0.1, 0.15) is 45.5 Å². The molecule has 1 aromatic carbocycles. The highest BCUT2D eigenvalue weighted by Gasteiger charge is 2.50. The van der Waals surface area contributed by atoms with E-state index >= 15 is 0 Å². The van der Waals surface area contributed by atoms with Gasteiger partial charge in [0, 0.05) is 25.0 Å². The number of carbonyl (C=O) groups is 2. The Morgan fingerprint density at radius 3 is 2.84 bits per heavy atom. The number of benzene rings is 1. The van der Waals surface area contributed by atoms with Gasteiger partial charge in [0.05, 0.1) is 17.3 Å². The molecule has 31 heavy (non-hydrogen) atoms. The Morgan fingerprint density at radius 1 is 1.19 bits per heavy atom. The molecular weight excluding hydrogens is 410 g/mol. The van der Waals surface area contributed by atoms with Crippen LogP contribution in [0.2, 0.25) is 0 Å². The molecule has 4 heterocycles. The molecule has 2 amide bonds. The van der Waals surface area contributed by atoms with E-state index in [-0.39, 0.29) is 23.3 Å². The van der Waals surface area contributed by atoms with Gasteiger partial charge in [-0.15, -0.1) is 11.3 Å². The van der Waals surface area contributed by atoms with Crippen LogP contribution < -0.4 is 5.32 Å². The molecule has 1 fully saturated rings. The van der Waals surface area contributed by atoms with E-state index in [0.29, 0.717) is 24.4 Å². The van der Waals surface area contributed by atoms with Crippen LogP contribution in [-0.4, -0.2) is 44.6 Å². The van der Waals surface area contributed by atoms with E-state index in [1.54, 1.807) is 6.33 Å². The van der Waals surface area contributed by atoms with Crippen molar-refractivity contribution in [2.45, 2.75) is 38.8 Å². The first-order chi connectivity index (χ1) is 15.1. The minimum absolute atomic E-state index is 0.0967. The summed E-state index contributed by atoms with van der Waals surface area (Å²) in [6.45, 7) is 4.11. The lowest BCUT2D eigenvalue weighted by Gasteiger charge is -2.40. The van der Waals surface area contributed by atoms with Crippen molar-refractivity contribution in [3.63, 3.8) is 0 Å². The number of aromatic nitrogens is 3. The summed E-state index contributed by atoms with van der Waals surface area (Å²) in [7, 11) is 0. The summed E-state index contributed by atoms with van der Waals surface area (Å²) < 4.78 is 1.88. The van der Waals surface area contributed by atoms with Gasteiger partial charge in [0.25, 0.3) is 5.91 Å². The van der Waals surface area contributed by atoms with Crippen LogP contribution >= 0.6 is 11.3 Å². The molecule has 0 aliphatic carbocycles. The molecule has 1 saturated heterocycles. The molecule has 1 N–H and O–H groups in total. The van der Waals surface area contributed by atoms with Gasteiger partial charge in [0.1, 0.15) is 12.2 Å². The largest absolute Gasteiger partial charge is 0.342 e. The second-order valence-electron chi connectivity index (χ2n) is 8.51. The SMILES string of the molecule is Cc1ccccc1CC(=O)N1CC[C@]2(CCn3ncnc3[C@@H]2NC(=O)c2cccs2)C1. The van der Waals surface area contributed by atoms with E-state index in [1.165, 1.54) is 11.3 Å². The normalized spacial score (nSPS) is 22.5. The van der Waals surface area contributed by atoms with E-state index in [0.717, 1.165) is 36.3 Å². The van der Waals surface area contributed by atoms with E-state index in [9.17, 15) is 9.59 Å². The molecule has 3 aromatic rings. The Kier molecular flexibility index (Phi) is 5.09. The van der Waals surface area contributed by atoms with Crippen LogP contribution in [0.15, 0.2) is 48.1 Å². The van der Waals surface area contributed by atoms with Crippen molar-refractivity contribution in [2.75, 3.05) is 13.1 Å². The third-order valence-corrected chi connectivity index (χ3v) is 7.57. The fourth-order valence-electron chi connectivity index (χ4n) is 4.87. The summed E-state index contributed by atoms with van der Waals surface area (Å²) in [5.41, 5.74) is 1.98. The monoisotopic (exact) mass is 435 g/mol. The summed E-state index contributed by atoms with van der Waals surface area (Å²) in [6, 6.07) is 11.5. The molecule has 7 nitrogen and oxygen atoms in total. The van der Waals surface area contributed by atoms with E-state index in [1.807, 2.05) is 58.3 Å². The summed E-state index contributed by atoms with van der Waals surface area (Å²) in [5, 5.41) is 9.45. The molecule has 1 spiro atoms. The zero-order valence-electron chi connectivity index (χ0n) is 17.5. The molecule has 0 saturated carbocycles. The van der Waals surface area contributed by atoms with Crippen LogP contribution in [0.25, 0.3) is 0 Å². The standard InChI is InChI=1S/C23H25N5O2S/c1-16-5-2-3-6-17(16)13-19(29)27-10-8-23(14-27)9-11-28-21(24-15-25-28)20(23)26-22(30)18-7-4-12-31-18/h2-7,12,15,20H,8-11,13-14H2,1H3,(H,26,30)/t20-,23-/m0/s1. The van der Waals surface area contributed by atoms with Crippen molar-refractivity contribution in [2.24, 2.45) is 5.41 Å². The topological polar surface area (TPSA) is 80.1 Å². The average Bonchev–Trinajstić information content (AvgIpc) is 3.53. The Bertz CT molecular complexity index is 1110. The number of amides is 2. The van der Waals surface area contributed by atoms with E-state index in [4.69, 9.17) is 0 Å². The molecule has 0 unspecified atom stereocenters.